The van der Waals surface area contributed by atoms with E-state index in [0.717, 1.165) is 58.2 Å². The van der Waals surface area contributed by atoms with Gasteiger partial charge in [0.1, 0.15) is 5.76 Å². The Balaban J connectivity index is 1.35. The molecule has 1 fully saturated rings. The largest absolute Gasteiger partial charge is 0.505 e. The summed E-state index contributed by atoms with van der Waals surface area (Å²) in [7, 11) is 0. The quantitative estimate of drug-likeness (QED) is 0.153. The van der Waals surface area contributed by atoms with Crippen molar-refractivity contribution in [3.63, 3.8) is 0 Å². The van der Waals surface area contributed by atoms with Crippen LogP contribution in [0.5, 0.6) is 0 Å². The van der Waals surface area contributed by atoms with Crippen molar-refractivity contribution in [3.8, 4) is 0 Å². The number of hydrogen-bond donors (Lipinski definition) is 2. The molecule has 1 heterocycles. The first-order valence-electron chi connectivity index (χ1n) is 14.3. The molecule has 0 spiro atoms. The molecule has 3 rings (SSSR count). The molecule has 0 unspecified atom stereocenters. The molecule has 1 aromatic carbocycles. The smallest absolute Gasteiger partial charge is 0.232 e. The summed E-state index contributed by atoms with van der Waals surface area (Å²) in [5, 5.41) is 14.0. The number of rotatable bonds is 16. The molecule has 2 N–H and O–H groups in total. The van der Waals surface area contributed by atoms with E-state index in [2.05, 4.69) is 47.5 Å². The molecule has 0 amide bonds. The summed E-state index contributed by atoms with van der Waals surface area (Å²) >= 11 is 0. The van der Waals surface area contributed by atoms with Crippen LogP contribution in [0.4, 0.5) is 0 Å². The van der Waals surface area contributed by atoms with Gasteiger partial charge >= 0.3 is 0 Å². The second-order valence-corrected chi connectivity index (χ2v) is 10.6. The highest BCUT2D eigenvalue weighted by Crippen LogP contribution is 2.25. The Morgan fingerprint density at radius 2 is 1.56 bits per heavy atom. The molecule has 5 nitrogen and oxygen atoms in total. The van der Waals surface area contributed by atoms with Crippen molar-refractivity contribution in [2.45, 2.75) is 96.9 Å². The van der Waals surface area contributed by atoms with Gasteiger partial charge in [-0.25, -0.2) is 0 Å². The highest BCUT2D eigenvalue weighted by atomic mass is 16.3. The molecule has 0 atom stereocenters. The maximum Gasteiger partial charge on any atom is 0.232 e. The number of aliphatic hydroxyl groups is 1. The van der Waals surface area contributed by atoms with Crippen LogP contribution in [0.1, 0.15) is 96.0 Å². The van der Waals surface area contributed by atoms with E-state index in [0.29, 0.717) is 30.2 Å². The van der Waals surface area contributed by atoms with E-state index in [1.54, 1.807) is 0 Å². The molecular weight excluding hydrogens is 448 g/mol. The molecule has 1 aliphatic carbocycles. The zero-order valence-corrected chi connectivity index (χ0v) is 22.3. The Bertz CT molecular complexity index is 882. The molecule has 0 aromatic heterocycles. The van der Waals surface area contributed by atoms with Crippen molar-refractivity contribution in [3.05, 3.63) is 59.0 Å². The standard InChI is InChI=1S/C31H46N2O3/c1-2-3-4-5-6-7-8-9-13-16-27-30(35)28(23-29(34)31(27)36)32-20-17-25-18-21-33(22-19-25)24-26-14-11-10-12-15-26/h10-12,14-15,23,25,32,35H,2-9,13,16-22,24H2,1H3. The fourth-order valence-electron chi connectivity index (χ4n) is 5.35. The lowest BCUT2D eigenvalue weighted by Crippen LogP contribution is -2.34. The lowest BCUT2D eigenvalue weighted by molar-refractivity contribution is -0.132. The van der Waals surface area contributed by atoms with E-state index in [9.17, 15) is 14.7 Å². The van der Waals surface area contributed by atoms with E-state index in [-0.39, 0.29) is 5.76 Å². The Labute approximate surface area is 218 Å². The zero-order valence-electron chi connectivity index (χ0n) is 22.3. The van der Waals surface area contributed by atoms with Crippen LogP contribution < -0.4 is 5.32 Å². The Kier molecular flexibility index (Phi) is 12.3. The van der Waals surface area contributed by atoms with Crippen LogP contribution >= 0.6 is 0 Å². The van der Waals surface area contributed by atoms with Gasteiger partial charge < -0.3 is 10.4 Å². The van der Waals surface area contributed by atoms with Crippen LogP contribution in [-0.4, -0.2) is 41.2 Å². The normalized spacial score (nSPS) is 17.5. The average Bonchev–Trinajstić information content (AvgIpc) is 2.89. The van der Waals surface area contributed by atoms with Gasteiger partial charge in [-0.15, -0.1) is 0 Å². The van der Waals surface area contributed by atoms with Gasteiger partial charge in [0.2, 0.25) is 11.6 Å². The molecule has 1 aromatic rings. The molecule has 0 radical (unpaired) electrons. The van der Waals surface area contributed by atoms with Gasteiger partial charge in [-0.3, -0.25) is 14.5 Å². The number of carbonyl (C=O) groups is 2. The number of nitrogens with one attached hydrogen (secondary N) is 1. The molecule has 1 aliphatic heterocycles. The second-order valence-electron chi connectivity index (χ2n) is 10.6. The molecule has 198 valence electrons. The molecule has 1 saturated heterocycles. The number of Topliss-reactive ketones (excluding diaryl/α,β-unsaturated/α-hetero) is 1. The van der Waals surface area contributed by atoms with Gasteiger partial charge in [-0.2, -0.15) is 0 Å². The predicted octanol–water partition coefficient (Wildman–Crippen LogP) is 6.65. The minimum Gasteiger partial charge on any atom is -0.505 e. The summed E-state index contributed by atoms with van der Waals surface area (Å²) in [4.78, 5) is 27.2. The van der Waals surface area contributed by atoms with E-state index in [1.807, 2.05) is 0 Å². The Morgan fingerprint density at radius 3 is 2.22 bits per heavy atom. The van der Waals surface area contributed by atoms with Crippen LogP contribution in [0.15, 0.2) is 53.4 Å². The van der Waals surface area contributed by atoms with Crippen molar-refractivity contribution in [2.75, 3.05) is 19.6 Å². The number of likely N-dealkylation sites (tertiary alicyclic amines) is 1. The van der Waals surface area contributed by atoms with Crippen LogP contribution in [0.3, 0.4) is 0 Å². The highest BCUT2D eigenvalue weighted by molar-refractivity contribution is 6.48. The van der Waals surface area contributed by atoms with E-state index in [1.165, 1.54) is 50.2 Å². The number of ketones is 2. The SMILES string of the molecule is CCCCCCCCCCCC1=C(O)C(NCCC2CCN(Cc3ccccc3)CC2)=CC(=O)C1=O. The molecular formula is C31H46N2O3. The lowest BCUT2D eigenvalue weighted by Gasteiger charge is -2.32. The second kappa shape index (κ2) is 15.7. The third-order valence-electron chi connectivity index (χ3n) is 7.67. The van der Waals surface area contributed by atoms with Crippen molar-refractivity contribution < 1.29 is 14.7 Å². The lowest BCUT2D eigenvalue weighted by atomic mass is 9.92. The number of benzene rings is 1. The van der Waals surface area contributed by atoms with E-state index in [4.69, 9.17) is 0 Å². The first-order valence-corrected chi connectivity index (χ1v) is 14.3. The first-order chi connectivity index (χ1) is 17.6. The zero-order chi connectivity index (χ0) is 25.6. The third-order valence-corrected chi connectivity index (χ3v) is 7.67. The van der Waals surface area contributed by atoms with Gasteiger partial charge in [-0.1, -0.05) is 88.6 Å². The predicted molar refractivity (Wildman–Crippen MR) is 147 cm³/mol. The average molecular weight is 495 g/mol. The van der Waals surface area contributed by atoms with Gasteiger partial charge in [0.25, 0.3) is 0 Å². The number of piperidine rings is 1. The van der Waals surface area contributed by atoms with E-state index < -0.39 is 11.6 Å². The number of hydrogen-bond acceptors (Lipinski definition) is 5. The number of nitrogens with zero attached hydrogens (tertiary/aromatic N) is 1. The number of allylic oxidation sites excluding steroid dienone is 2. The van der Waals surface area contributed by atoms with Crippen molar-refractivity contribution in [1.82, 2.24) is 10.2 Å². The van der Waals surface area contributed by atoms with Crippen molar-refractivity contribution in [2.24, 2.45) is 5.92 Å². The van der Waals surface area contributed by atoms with E-state index >= 15 is 0 Å². The highest BCUT2D eigenvalue weighted by Gasteiger charge is 2.28. The van der Waals surface area contributed by atoms with Crippen LogP contribution in [0.2, 0.25) is 0 Å². The Morgan fingerprint density at radius 1 is 0.917 bits per heavy atom. The van der Waals surface area contributed by atoms with Gasteiger partial charge in [0, 0.05) is 24.7 Å². The minimum atomic E-state index is -0.539. The maximum atomic E-state index is 12.4. The summed E-state index contributed by atoms with van der Waals surface area (Å²) in [5.41, 5.74) is 2.08. The summed E-state index contributed by atoms with van der Waals surface area (Å²) in [6.07, 6.45) is 15.8. The number of carbonyl (C=O) groups excluding carboxylic acids is 2. The van der Waals surface area contributed by atoms with Crippen molar-refractivity contribution in [1.29, 1.82) is 0 Å². The molecule has 2 aliphatic rings. The summed E-state index contributed by atoms with van der Waals surface area (Å²) in [5.74, 6) is -0.436. The van der Waals surface area contributed by atoms with Gasteiger partial charge in [0.05, 0.1) is 5.70 Å². The topological polar surface area (TPSA) is 69.6 Å². The molecule has 0 bridgehead atoms. The van der Waals surface area contributed by atoms with Crippen LogP contribution in [0, 0.1) is 5.92 Å². The molecule has 5 heteroatoms. The number of aliphatic hydroxyl groups excluding tert-OH is 1. The summed E-state index contributed by atoms with van der Waals surface area (Å²) in [6.45, 7) is 6.14. The summed E-state index contributed by atoms with van der Waals surface area (Å²) < 4.78 is 0. The number of unbranched alkanes of at least 4 members (excludes halogenated alkanes) is 8. The third kappa shape index (κ3) is 9.24. The monoisotopic (exact) mass is 494 g/mol. The molecule has 0 saturated carbocycles. The summed E-state index contributed by atoms with van der Waals surface area (Å²) in [6, 6.07) is 10.6. The molecule has 36 heavy (non-hydrogen) atoms. The van der Waals surface area contributed by atoms with Gasteiger partial charge in [0.15, 0.2) is 0 Å². The minimum absolute atomic E-state index is 0.0168. The maximum absolute atomic E-state index is 12.4. The fourth-order valence-corrected chi connectivity index (χ4v) is 5.35. The fraction of sp³-hybridized carbons (Fsp3) is 0.613. The Hall–Kier alpha value is -2.40. The van der Waals surface area contributed by atoms with Crippen LogP contribution in [0.25, 0.3) is 0 Å². The first kappa shape index (κ1) is 28.2. The van der Waals surface area contributed by atoms with Crippen LogP contribution in [-0.2, 0) is 16.1 Å². The van der Waals surface area contributed by atoms with Gasteiger partial charge in [-0.05, 0) is 56.7 Å². The van der Waals surface area contributed by atoms with Crippen molar-refractivity contribution >= 4 is 11.6 Å².